The number of carboxylic acid groups (broad SMARTS) is 1. The van der Waals surface area contributed by atoms with Gasteiger partial charge in [0.1, 0.15) is 6.61 Å². The van der Waals surface area contributed by atoms with Crippen LogP contribution in [0.25, 0.3) is 0 Å². The molecule has 0 fully saturated rings. The molecule has 0 aliphatic rings. The number of nitrogens with one attached hydrogen (secondary N) is 1. The van der Waals surface area contributed by atoms with Gasteiger partial charge in [-0.3, -0.25) is 5.32 Å². The Labute approximate surface area is 113 Å². The Morgan fingerprint density at radius 1 is 1.56 bits per heavy atom. The minimum Gasteiger partial charge on any atom is -0.478 e. The van der Waals surface area contributed by atoms with Gasteiger partial charge in [-0.05, 0) is 24.6 Å². The van der Waals surface area contributed by atoms with Crippen LogP contribution < -0.4 is 5.32 Å². The molecule has 0 bridgehead atoms. The standard InChI is InChI=1S/C12H12BrNO4/c1-3-4-18-12(17)14-10-7(2)5-8(13)6-9(10)11(15)16/h3,5-6H,1,4H2,2H3,(H,14,17)(H,15,16). The Kier molecular flexibility index (Phi) is 4.91. The van der Waals surface area contributed by atoms with E-state index in [4.69, 9.17) is 9.84 Å². The molecule has 0 unspecified atom stereocenters. The summed E-state index contributed by atoms with van der Waals surface area (Å²) >= 11 is 3.20. The van der Waals surface area contributed by atoms with Gasteiger partial charge < -0.3 is 9.84 Å². The van der Waals surface area contributed by atoms with Crippen molar-refractivity contribution in [2.45, 2.75) is 6.92 Å². The second kappa shape index (κ2) is 6.20. The number of carbonyl (C=O) groups excluding carboxylic acids is 1. The molecule has 1 aromatic rings. The van der Waals surface area contributed by atoms with E-state index in [2.05, 4.69) is 27.8 Å². The van der Waals surface area contributed by atoms with Gasteiger partial charge in [0.05, 0.1) is 11.3 Å². The minimum absolute atomic E-state index is 0.00238. The lowest BCUT2D eigenvalue weighted by atomic mass is 10.1. The van der Waals surface area contributed by atoms with Gasteiger partial charge in [0, 0.05) is 4.47 Å². The van der Waals surface area contributed by atoms with Crippen LogP contribution in [0.15, 0.2) is 29.3 Å². The van der Waals surface area contributed by atoms with Crippen molar-refractivity contribution in [2.24, 2.45) is 0 Å². The van der Waals surface area contributed by atoms with Crippen LogP contribution in [-0.2, 0) is 4.74 Å². The van der Waals surface area contributed by atoms with E-state index in [1.54, 1.807) is 13.0 Å². The largest absolute Gasteiger partial charge is 0.478 e. The number of aryl methyl sites for hydroxylation is 1. The first kappa shape index (κ1) is 14.2. The maximum Gasteiger partial charge on any atom is 0.411 e. The molecule has 0 saturated heterocycles. The van der Waals surface area contributed by atoms with Crippen molar-refractivity contribution in [1.82, 2.24) is 0 Å². The summed E-state index contributed by atoms with van der Waals surface area (Å²) in [6.07, 6.45) is 0.703. The number of benzene rings is 1. The van der Waals surface area contributed by atoms with Crippen molar-refractivity contribution in [3.8, 4) is 0 Å². The molecule has 0 heterocycles. The van der Waals surface area contributed by atoms with Gasteiger partial charge in [0.15, 0.2) is 0 Å². The molecule has 1 rings (SSSR count). The topological polar surface area (TPSA) is 75.6 Å². The van der Waals surface area contributed by atoms with Gasteiger partial charge in [0.2, 0.25) is 0 Å². The second-order valence-electron chi connectivity index (χ2n) is 3.46. The van der Waals surface area contributed by atoms with Gasteiger partial charge in [-0.2, -0.15) is 0 Å². The fourth-order valence-corrected chi connectivity index (χ4v) is 1.92. The number of anilines is 1. The van der Waals surface area contributed by atoms with Crippen LogP contribution in [0.5, 0.6) is 0 Å². The fraction of sp³-hybridized carbons (Fsp3) is 0.167. The molecule has 0 aliphatic carbocycles. The number of ether oxygens (including phenoxy) is 1. The van der Waals surface area contributed by atoms with E-state index in [0.29, 0.717) is 10.0 Å². The highest BCUT2D eigenvalue weighted by molar-refractivity contribution is 9.10. The van der Waals surface area contributed by atoms with Crippen LogP contribution in [0.1, 0.15) is 15.9 Å². The van der Waals surface area contributed by atoms with Crippen LogP contribution in [0.3, 0.4) is 0 Å². The third kappa shape index (κ3) is 3.59. The highest BCUT2D eigenvalue weighted by Crippen LogP contribution is 2.26. The molecular weight excluding hydrogens is 302 g/mol. The molecule has 2 N–H and O–H groups in total. The Morgan fingerprint density at radius 2 is 2.22 bits per heavy atom. The van der Waals surface area contributed by atoms with E-state index in [-0.39, 0.29) is 17.9 Å². The SMILES string of the molecule is C=CCOC(=O)Nc1c(C)cc(Br)cc1C(=O)O. The van der Waals surface area contributed by atoms with Crippen molar-refractivity contribution in [1.29, 1.82) is 0 Å². The monoisotopic (exact) mass is 313 g/mol. The zero-order valence-corrected chi connectivity index (χ0v) is 11.3. The third-order valence-corrected chi connectivity index (χ3v) is 2.55. The van der Waals surface area contributed by atoms with Gasteiger partial charge in [0.25, 0.3) is 0 Å². The summed E-state index contributed by atoms with van der Waals surface area (Å²) in [6, 6.07) is 3.12. The number of amides is 1. The van der Waals surface area contributed by atoms with E-state index < -0.39 is 12.1 Å². The summed E-state index contributed by atoms with van der Waals surface area (Å²) in [5.74, 6) is -1.13. The first-order valence-electron chi connectivity index (χ1n) is 5.03. The first-order valence-corrected chi connectivity index (χ1v) is 5.83. The summed E-state index contributed by atoms with van der Waals surface area (Å²) in [6.45, 7) is 5.16. The summed E-state index contributed by atoms with van der Waals surface area (Å²) in [4.78, 5) is 22.5. The molecule has 0 atom stereocenters. The zero-order valence-electron chi connectivity index (χ0n) is 9.70. The maximum atomic E-state index is 11.4. The number of aromatic carboxylic acids is 1. The number of carbonyl (C=O) groups is 2. The van der Waals surface area contributed by atoms with Gasteiger partial charge in [-0.15, -0.1) is 0 Å². The maximum absolute atomic E-state index is 11.4. The van der Waals surface area contributed by atoms with Gasteiger partial charge in [-0.1, -0.05) is 28.6 Å². The van der Waals surface area contributed by atoms with Crippen molar-refractivity contribution in [2.75, 3.05) is 11.9 Å². The quantitative estimate of drug-likeness (QED) is 0.837. The predicted octanol–water partition coefficient (Wildman–Crippen LogP) is 3.19. The van der Waals surface area contributed by atoms with E-state index in [1.807, 2.05) is 0 Å². The van der Waals surface area contributed by atoms with Crippen molar-refractivity contribution < 1.29 is 19.4 Å². The van der Waals surface area contributed by atoms with E-state index in [9.17, 15) is 9.59 Å². The number of hydrogen-bond donors (Lipinski definition) is 2. The molecule has 0 saturated carbocycles. The summed E-state index contributed by atoms with van der Waals surface area (Å²) in [5, 5.41) is 11.5. The second-order valence-corrected chi connectivity index (χ2v) is 4.38. The highest BCUT2D eigenvalue weighted by atomic mass is 79.9. The summed E-state index contributed by atoms with van der Waals surface area (Å²) < 4.78 is 5.37. The third-order valence-electron chi connectivity index (χ3n) is 2.09. The summed E-state index contributed by atoms with van der Waals surface area (Å²) in [5.41, 5.74) is 0.842. The highest BCUT2D eigenvalue weighted by Gasteiger charge is 2.16. The summed E-state index contributed by atoms with van der Waals surface area (Å²) in [7, 11) is 0. The molecule has 18 heavy (non-hydrogen) atoms. The Balaban J connectivity index is 3.03. The molecular formula is C12H12BrNO4. The van der Waals surface area contributed by atoms with E-state index >= 15 is 0 Å². The van der Waals surface area contributed by atoms with Crippen molar-refractivity contribution in [3.63, 3.8) is 0 Å². The first-order chi connectivity index (χ1) is 8.45. The molecule has 1 aromatic carbocycles. The van der Waals surface area contributed by atoms with E-state index in [1.165, 1.54) is 12.1 Å². The van der Waals surface area contributed by atoms with Crippen LogP contribution in [0.2, 0.25) is 0 Å². The Hall–Kier alpha value is -1.82. The lowest BCUT2D eigenvalue weighted by Gasteiger charge is -2.12. The van der Waals surface area contributed by atoms with Crippen LogP contribution >= 0.6 is 15.9 Å². The predicted molar refractivity (Wildman–Crippen MR) is 71.0 cm³/mol. The Bertz CT molecular complexity index is 499. The number of halogens is 1. The molecule has 0 radical (unpaired) electrons. The van der Waals surface area contributed by atoms with Crippen LogP contribution in [-0.4, -0.2) is 23.8 Å². The zero-order chi connectivity index (χ0) is 13.7. The lowest BCUT2D eigenvalue weighted by Crippen LogP contribution is -2.17. The van der Waals surface area contributed by atoms with Crippen molar-refractivity contribution >= 4 is 33.7 Å². The Morgan fingerprint density at radius 3 is 2.78 bits per heavy atom. The normalized spacial score (nSPS) is 9.67. The van der Waals surface area contributed by atoms with Crippen molar-refractivity contribution in [3.05, 3.63) is 40.4 Å². The number of hydrogen-bond acceptors (Lipinski definition) is 3. The lowest BCUT2D eigenvalue weighted by molar-refractivity contribution is 0.0698. The molecule has 5 nitrogen and oxygen atoms in total. The molecule has 1 amide bonds. The average Bonchev–Trinajstić information content (AvgIpc) is 2.29. The smallest absolute Gasteiger partial charge is 0.411 e. The van der Waals surface area contributed by atoms with E-state index in [0.717, 1.165) is 0 Å². The molecule has 0 spiro atoms. The van der Waals surface area contributed by atoms with Crippen LogP contribution in [0, 0.1) is 6.92 Å². The minimum atomic E-state index is -1.13. The van der Waals surface area contributed by atoms with Gasteiger partial charge >= 0.3 is 12.1 Å². The number of rotatable bonds is 4. The number of carboxylic acids is 1. The molecule has 6 heteroatoms. The molecule has 96 valence electrons. The molecule has 0 aliphatic heterocycles. The fourth-order valence-electron chi connectivity index (χ4n) is 1.35. The van der Waals surface area contributed by atoms with Gasteiger partial charge in [-0.25, -0.2) is 9.59 Å². The van der Waals surface area contributed by atoms with Crippen LogP contribution in [0.4, 0.5) is 10.5 Å². The molecule has 0 aromatic heterocycles. The average molecular weight is 314 g/mol.